The van der Waals surface area contributed by atoms with Crippen molar-refractivity contribution in [2.45, 2.75) is 19.4 Å². The van der Waals surface area contributed by atoms with Crippen LogP contribution in [-0.2, 0) is 4.79 Å². The van der Waals surface area contributed by atoms with Crippen LogP contribution in [0.15, 0.2) is 12.1 Å². The maximum atomic E-state index is 12.2. The van der Waals surface area contributed by atoms with Crippen molar-refractivity contribution in [1.29, 1.82) is 0 Å². The summed E-state index contributed by atoms with van der Waals surface area (Å²) in [5, 5.41) is 8.95. The number of ether oxygens (including phenoxy) is 2. The molecule has 0 aliphatic carbocycles. The van der Waals surface area contributed by atoms with E-state index in [-0.39, 0.29) is 12.5 Å². The second kappa shape index (κ2) is 5.92. The maximum absolute atomic E-state index is 12.2. The van der Waals surface area contributed by atoms with Crippen LogP contribution >= 0.6 is 0 Å². The highest BCUT2D eigenvalue weighted by Crippen LogP contribution is 2.42. The van der Waals surface area contributed by atoms with E-state index in [1.54, 1.807) is 19.1 Å². The fraction of sp³-hybridized carbons (Fsp3) is 0.429. The molecule has 0 fully saturated rings. The fourth-order valence-electron chi connectivity index (χ4n) is 2.17. The van der Waals surface area contributed by atoms with Crippen LogP contribution in [0.4, 0.5) is 5.69 Å². The minimum atomic E-state index is -0.628. The molecule has 6 nitrogen and oxygen atoms in total. The number of fused-ring (bicyclic) bond motifs is 1. The summed E-state index contributed by atoms with van der Waals surface area (Å²) in [6, 6.07) is 3.16. The number of methoxy groups -OCH3 is 1. The van der Waals surface area contributed by atoms with E-state index in [4.69, 9.17) is 14.6 Å². The number of aldehydes is 1. The van der Waals surface area contributed by atoms with Crippen molar-refractivity contribution in [3.63, 3.8) is 0 Å². The lowest BCUT2D eigenvalue weighted by molar-refractivity contribution is -0.125. The molecule has 2 rings (SSSR count). The molecular weight excluding hydrogens is 262 g/mol. The van der Waals surface area contributed by atoms with Crippen molar-refractivity contribution < 1.29 is 24.2 Å². The van der Waals surface area contributed by atoms with Gasteiger partial charge in [-0.15, -0.1) is 0 Å². The second-order valence-electron chi connectivity index (χ2n) is 4.52. The lowest BCUT2D eigenvalue weighted by Gasteiger charge is -2.33. The zero-order valence-electron chi connectivity index (χ0n) is 11.5. The molecule has 1 heterocycles. The number of hydrogen-bond acceptors (Lipinski definition) is 5. The highest BCUT2D eigenvalue weighted by Gasteiger charge is 2.33. The van der Waals surface area contributed by atoms with Gasteiger partial charge in [-0.1, -0.05) is 0 Å². The quantitative estimate of drug-likeness (QED) is 0.814. The van der Waals surface area contributed by atoms with Crippen molar-refractivity contribution in [3.05, 3.63) is 17.7 Å². The van der Waals surface area contributed by atoms with Crippen molar-refractivity contribution in [3.8, 4) is 11.5 Å². The number of amides is 1. The Morgan fingerprint density at radius 3 is 2.85 bits per heavy atom. The molecule has 0 spiro atoms. The van der Waals surface area contributed by atoms with Gasteiger partial charge in [0.2, 0.25) is 0 Å². The zero-order valence-corrected chi connectivity index (χ0v) is 11.5. The van der Waals surface area contributed by atoms with E-state index < -0.39 is 6.10 Å². The largest absolute Gasteiger partial charge is 0.493 e. The lowest BCUT2D eigenvalue weighted by Crippen LogP contribution is -2.45. The maximum Gasteiger partial charge on any atom is 0.267 e. The van der Waals surface area contributed by atoms with Crippen LogP contribution in [0.5, 0.6) is 11.5 Å². The predicted octanol–water partition coefficient (Wildman–Crippen LogP) is 1.00. The van der Waals surface area contributed by atoms with Gasteiger partial charge in [0.05, 0.1) is 12.8 Å². The summed E-state index contributed by atoms with van der Waals surface area (Å²) < 4.78 is 10.8. The Morgan fingerprint density at radius 1 is 1.50 bits per heavy atom. The number of benzene rings is 1. The number of carbonyl (C=O) groups excluding carboxylic acids is 2. The summed E-state index contributed by atoms with van der Waals surface area (Å²) in [5.41, 5.74) is 0.906. The molecule has 6 heteroatoms. The Morgan fingerprint density at radius 2 is 2.25 bits per heavy atom. The molecule has 0 saturated heterocycles. The first-order chi connectivity index (χ1) is 9.62. The fourth-order valence-corrected chi connectivity index (χ4v) is 2.17. The summed E-state index contributed by atoms with van der Waals surface area (Å²) in [7, 11) is 1.48. The second-order valence-corrected chi connectivity index (χ2v) is 4.52. The van der Waals surface area contributed by atoms with E-state index in [0.29, 0.717) is 42.0 Å². The molecule has 1 aliphatic rings. The smallest absolute Gasteiger partial charge is 0.267 e. The van der Waals surface area contributed by atoms with E-state index >= 15 is 0 Å². The van der Waals surface area contributed by atoms with Crippen LogP contribution in [0.25, 0.3) is 0 Å². The van der Waals surface area contributed by atoms with Crippen LogP contribution in [0.3, 0.4) is 0 Å². The summed E-state index contributed by atoms with van der Waals surface area (Å²) in [6.07, 6.45) is 0.512. The van der Waals surface area contributed by atoms with Gasteiger partial charge in [0.25, 0.3) is 5.91 Å². The van der Waals surface area contributed by atoms with Gasteiger partial charge < -0.3 is 19.5 Å². The third-order valence-corrected chi connectivity index (χ3v) is 3.15. The summed E-state index contributed by atoms with van der Waals surface area (Å²) in [5.74, 6) is 0.664. The minimum Gasteiger partial charge on any atom is -0.493 e. The first kappa shape index (κ1) is 14.3. The normalized spacial score (nSPS) is 17.4. The molecule has 1 amide bonds. The van der Waals surface area contributed by atoms with Gasteiger partial charge in [-0.05, 0) is 25.5 Å². The monoisotopic (exact) mass is 279 g/mol. The van der Waals surface area contributed by atoms with E-state index in [0.717, 1.165) is 0 Å². The Hall–Kier alpha value is -2.08. The van der Waals surface area contributed by atoms with E-state index in [1.165, 1.54) is 12.0 Å². The molecule has 1 aromatic carbocycles. The van der Waals surface area contributed by atoms with Crippen molar-refractivity contribution >= 4 is 17.9 Å². The highest BCUT2D eigenvalue weighted by molar-refractivity contribution is 6.01. The predicted molar refractivity (Wildman–Crippen MR) is 72.5 cm³/mol. The average Bonchev–Trinajstić information content (AvgIpc) is 2.47. The van der Waals surface area contributed by atoms with Crippen molar-refractivity contribution in [2.75, 3.05) is 25.2 Å². The Bertz CT molecular complexity index is 529. The number of nitrogens with zero attached hydrogens (tertiary/aromatic N) is 1. The highest BCUT2D eigenvalue weighted by atomic mass is 16.5. The third-order valence-electron chi connectivity index (χ3n) is 3.15. The van der Waals surface area contributed by atoms with Gasteiger partial charge in [0.15, 0.2) is 17.6 Å². The Kier molecular flexibility index (Phi) is 4.24. The van der Waals surface area contributed by atoms with Gasteiger partial charge >= 0.3 is 0 Å². The van der Waals surface area contributed by atoms with Gasteiger partial charge in [-0.3, -0.25) is 9.59 Å². The Balaban J connectivity index is 2.52. The number of aliphatic hydroxyl groups excluding tert-OH is 1. The summed E-state index contributed by atoms with van der Waals surface area (Å²) >= 11 is 0. The van der Waals surface area contributed by atoms with E-state index in [2.05, 4.69) is 0 Å². The molecule has 0 aromatic heterocycles. The number of carbonyl (C=O) groups is 2. The van der Waals surface area contributed by atoms with E-state index in [9.17, 15) is 9.59 Å². The zero-order chi connectivity index (χ0) is 14.7. The third kappa shape index (κ3) is 2.46. The molecule has 0 saturated carbocycles. The average molecular weight is 279 g/mol. The standard InChI is InChI=1S/C14H17NO5/c1-9-14(18)15(4-3-5-16)11-6-10(8-17)7-12(19-2)13(11)20-9/h6-9,16H,3-5H2,1-2H3. The van der Waals surface area contributed by atoms with Gasteiger partial charge in [-0.25, -0.2) is 0 Å². The topological polar surface area (TPSA) is 76.1 Å². The minimum absolute atomic E-state index is 0.0150. The van der Waals surface area contributed by atoms with Crippen LogP contribution < -0.4 is 14.4 Å². The van der Waals surface area contributed by atoms with Crippen molar-refractivity contribution in [1.82, 2.24) is 0 Å². The number of anilines is 1. The molecule has 1 aliphatic heterocycles. The van der Waals surface area contributed by atoms with Crippen molar-refractivity contribution in [2.24, 2.45) is 0 Å². The first-order valence-electron chi connectivity index (χ1n) is 6.38. The molecule has 1 atom stereocenters. The lowest BCUT2D eigenvalue weighted by atomic mass is 10.1. The van der Waals surface area contributed by atoms with Gasteiger partial charge in [-0.2, -0.15) is 0 Å². The first-order valence-corrected chi connectivity index (χ1v) is 6.38. The number of rotatable bonds is 5. The summed E-state index contributed by atoms with van der Waals surface area (Å²) in [6.45, 7) is 2.00. The number of aliphatic hydroxyl groups is 1. The van der Waals surface area contributed by atoms with E-state index in [1.807, 2.05) is 0 Å². The molecule has 1 N–H and O–H groups in total. The van der Waals surface area contributed by atoms with Crippen LogP contribution in [0.1, 0.15) is 23.7 Å². The number of hydrogen-bond donors (Lipinski definition) is 1. The summed E-state index contributed by atoms with van der Waals surface area (Å²) in [4.78, 5) is 24.7. The van der Waals surface area contributed by atoms with Crippen LogP contribution in [0, 0.1) is 0 Å². The van der Waals surface area contributed by atoms with Gasteiger partial charge in [0, 0.05) is 18.7 Å². The molecule has 1 unspecified atom stereocenters. The SMILES string of the molecule is COc1cc(C=O)cc2c1OC(C)C(=O)N2CCCO. The van der Waals surface area contributed by atoms with Crippen LogP contribution in [-0.4, -0.2) is 43.7 Å². The molecule has 20 heavy (non-hydrogen) atoms. The molecule has 108 valence electrons. The Labute approximate surface area is 116 Å². The molecular formula is C14H17NO5. The van der Waals surface area contributed by atoms with Gasteiger partial charge in [0.1, 0.15) is 6.29 Å². The molecule has 0 radical (unpaired) electrons. The molecule has 0 bridgehead atoms. The molecule has 1 aromatic rings. The van der Waals surface area contributed by atoms with Crippen LogP contribution in [0.2, 0.25) is 0 Å².